The summed E-state index contributed by atoms with van der Waals surface area (Å²) in [5.41, 5.74) is -0.845. The Kier molecular flexibility index (Phi) is 5.52. The molecule has 1 aromatic rings. The van der Waals surface area contributed by atoms with Crippen molar-refractivity contribution in [1.29, 1.82) is 0 Å². The van der Waals surface area contributed by atoms with Crippen LogP contribution in [0.2, 0.25) is 0 Å². The number of carbonyl (C=O) groups excluding carboxylic acids is 1. The molecular formula is C14H19N3O6S. The van der Waals surface area contributed by atoms with E-state index in [2.05, 4.69) is 0 Å². The molecular weight excluding hydrogens is 338 g/mol. The van der Waals surface area contributed by atoms with Crippen molar-refractivity contribution in [2.45, 2.75) is 11.8 Å². The number of sulfonamides is 1. The molecule has 1 fully saturated rings. The zero-order valence-electron chi connectivity index (χ0n) is 13.5. The summed E-state index contributed by atoms with van der Waals surface area (Å²) in [7, 11) is -1.95. The minimum absolute atomic E-state index is 0.0668. The average Bonchev–Trinajstić information content (AvgIpc) is 2.54. The van der Waals surface area contributed by atoms with Gasteiger partial charge in [0, 0.05) is 32.2 Å². The molecule has 1 aromatic carbocycles. The molecule has 2 rings (SSSR count). The number of rotatable bonds is 5. The zero-order chi connectivity index (χ0) is 17.9. The highest BCUT2D eigenvalue weighted by molar-refractivity contribution is 7.89. The largest absolute Gasteiger partial charge is 0.462 e. The van der Waals surface area contributed by atoms with E-state index in [0.29, 0.717) is 26.2 Å². The molecule has 0 N–H and O–H groups in total. The van der Waals surface area contributed by atoms with E-state index in [1.807, 2.05) is 11.9 Å². The lowest BCUT2D eigenvalue weighted by atomic mass is 10.2. The van der Waals surface area contributed by atoms with Crippen LogP contribution in [-0.2, 0) is 14.8 Å². The lowest BCUT2D eigenvalue weighted by Gasteiger charge is -2.31. The van der Waals surface area contributed by atoms with Gasteiger partial charge in [0.25, 0.3) is 5.69 Å². The molecule has 10 heteroatoms. The third kappa shape index (κ3) is 3.71. The Hall–Kier alpha value is -2.04. The average molecular weight is 357 g/mol. The van der Waals surface area contributed by atoms with Crippen LogP contribution in [0.3, 0.4) is 0 Å². The first kappa shape index (κ1) is 18.3. The molecule has 0 radical (unpaired) electrons. The van der Waals surface area contributed by atoms with E-state index in [4.69, 9.17) is 4.74 Å². The van der Waals surface area contributed by atoms with Crippen LogP contribution in [0.1, 0.15) is 17.3 Å². The molecule has 9 nitrogen and oxygen atoms in total. The zero-order valence-corrected chi connectivity index (χ0v) is 14.3. The van der Waals surface area contributed by atoms with Crippen molar-refractivity contribution in [3.05, 3.63) is 33.9 Å². The van der Waals surface area contributed by atoms with Crippen molar-refractivity contribution < 1.29 is 22.9 Å². The van der Waals surface area contributed by atoms with Gasteiger partial charge in [0.15, 0.2) is 0 Å². The second kappa shape index (κ2) is 7.24. The van der Waals surface area contributed by atoms with E-state index >= 15 is 0 Å². The maximum atomic E-state index is 12.6. The van der Waals surface area contributed by atoms with Gasteiger partial charge in [-0.1, -0.05) is 0 Å². The molecule has 0 spiro atoms. The van der Waals surface area contributed by atoms with E-state index in [1.54, 1.807) is 6.92 Å². The molecule has 1 saturated heterocycles. The van der Waals surface area contributed by atoms with Crippen LogP contribution in [0.4, 0.5) is 5.69 Å². The first-order valence-electron chi connectivity index (χ1n) is 7.41. The van der Waals surface area contributed by atoms with Crippen molar-refractivity contribution in [2.24, 2.45) is 0 Å². The fourth-order valence-electron chi connectivity index (χ4n) is 2.38. The lowest BCUT2D eigenvalue weighted by Crippen LogP contribution is -2.47. The van der Waals surface area contributed by atoms with Crippen LogP contribution in [0.5, 0.6) is 0 Å². The van der Waals surface area contributed by atoms with Gasteiger partial charge < -0.3 is 9.64 Å². The molecule has 132 valence electrons. The summed E-state index contributed by atoms with van der Waals surface area (Å²) in [6.45, 7) is 3.44. The number of nitro groups is 1. The van der Waals surface area contributed by atoms with Crippen molar-refractivity contribution in [3.63, 3.8) is 0 Å². The minimum atomic E-state index is -3.85. The lowest BCUT2D eigenvalue weighted by molar-refractivity contribution is -0.385. The number of hydrogen-bond acceptors (Lipinski definition) is 7. The van der Waals surface area contributed by atoms with Gasteiger partial charge in [-0.15, -0.1) is 0 Å². The van der Waals surface area contributed by atoms with Gasteiger partial charge in [0.05, 0.1) is 16.4 Å². The van der Waals surface area contributed by atoms with Crippen molar-refractivity contribution in [2.75, 3.05) is 39.8 Å². The number of carbonyl (C=O) groups is 1. The smallest absolute Gasteiger partial charge is 0.345 e. The quantitative estimate of drug-likeness (QED) is 0.433. The molecule has 0 amide bonds. The van der Waals surface area contributed by atoms with Crippen molar-refractivity contribution in [1.82, 2.24) is 9.21 Å². The van der Waals surface area contributed by atoms with E-state index in [1.165, 1.54) is 10.4 Å². The Morgan fingerprint density at radius 3 is 2.46 bits per heavy atom. The van der Waals surface area contributed by atoms with Gasteiger partial charge in [-0.05, 0) is 26.1 Å². The summed E-state index contributed by atoms with van der Waals surface area (Å²) in [5, 5.41) is 11.2. The monoisotopic (exact) mass is 357 g/mol. The van der Waals surface area contributed by atoms with Gasteiger partial charge in [0.1, 0.15) is 5.56 Å². The predicted octanol–water partition coefficient (Wildman–Crippen LogP) is 0.708. The maximum absolute atomic E-state index is 12.6. The van der Waals surface area contributed by atoms with Crippen LogP contribution < -0.4 is 0 Å². The molecule has 1 aliphatic rings. The Bertz CT molecular complexity index is 741. The third-order valence-corrected chi connectivity index (χ3v) is 5.66. The first-order chi connectivity index (χ1) is 11.3. The fraction of sp³-hybridized carbons (Fsp3) is 0.500. The normalized spacial score (nSPS) is 16.8. The summed E-state index contributed by atoms with van der Waals surface area (Å²) in [4.78, 5) is 24.0. The Morgan fingerprint density at radius 1 is 1.29 bits per heavy atom. The number of esters is 1. The third-order valence-electron chi connectivity index (χ3n) is 3.76. The molecule has 0 bridgehead atoms. The standard InChI is InChI=1S/C14H19N3O6S/c1-3-23-14(18)12-5-4-11(10-13(12)17(19)20)24(21,22)16-8-6-15(2)7-9-16/h4-5,10H,3,6-9H2,1-2H3. The summed E-state index contributed by atoms with van der Waals surface area (Å²) in [6, 6.07) is 3.24. The molecule has 1 heterocycles. The second-order valence-corrected chi connectivity index (χ2v) is 7.30. The van der Waals surface area contributed by atoms with Gasteiger partial charge in [-0.25, -0.2) is 13.2 Å². The van der Waals surface area contributed by atoms with Crippen molar-refractivity contribution >= 4 is 21.7 Å². The van der Waals surface area contributed by atoms with Crippen molar-refractivity contribution in [3.8, 4) is 0 Å². The van der Waals surface area contributed by atoms with Crippen LogP contribution in [0.15, 0.2) is 23.1 Å². The molecule has 0 unspecified atom stereocenters. The number of nitrogens with zero attached hydrogens (tertiary/aromatic N) is 3. The summed E-state index contributed by atoms with van der Waals surface area (Å²) >= 11 is 0. The topological polar surface area (TPSA) is 110 Å². The molecule has 0 atom stereocenters. The number of piperazine rings is 1. The van der Waals surface area contributed by atoms with Crippen LogP contribution >= 0.6 is 0 Å². The van der Waals surface area contributed by atoms with E-state index in [-0.39, 0.29) is 17.1 Å². The van der Waals surface area contributed by atoms with Crippen LogP contribution in [-0.4, -0.2) is 68.3 Å². The Balaban J connectivity index is 2.39. The van der Waals surface area contributed by atoms with E-state index < -0.39 is 26.6 Å². The summed E-state index contributed by atoms with van der Waals surface area (Å²) in [5.74, 6) is -0.854. The summed E-state index contributed by atoms with van der Waals surface area (Å²) in [6.07, 6.45) is 0. The van der Waals surface area contributed by atoms with E-state index in [0.717, 1.165) is 12.1 Å². The Morgan fingerprint density at radius 2 is 1.92 bits per heavy atom. The second-order valence-electron chi connectivity index (χ2n) is 5.36. The number of benzene rings is 1. The summed E-state index contributed by atoms with van der Waals surface area (Å²) < 4.78 is 31.3. The molecule has 1 aliphatic heterocycles. The minimum Gasteiger partial charge on any atom is -0.462 e. The maximum Gasteiger partial charge on any atom is 0.345 e. The molecule has 0 saturated carbocycles. The van der Waals surface area contributed by atoms with Crippen LogP contribution in [0.25, 0.3) is 0 Å². The molecule has 0 aromatic heterocycles. The highest BCUT2D eigenvalue weighted by Crippen LogP contribution is 2.26. The number of nitro benzene ring substituents is 1. The Labute approximate surface area is 140 Å². The van der Waals surface area contributed by atoms with Crippen LogP contribution in [0, 0.1) is 10.1 Å². The van der Waals surface area contributed by atoms with Gasteiger partial charge >= 0.3 is 5.97 Å². The van der Waals surface area contributed by atoms with Gasteiger partial charge in [0.2, 0.25) is 10.0 Å². The molecule has 0 aliphatic carbocycles. The van der Waals surface area contributed by atoms with Gasteiger partial charge in [-0.2, -0.15) is 4.31 Å². The SMILES string of the molecule is CCOC(=O)c1ccc(S(=O)(=O)N2CCN(C)CC2)cc1[N+](=O)[O-]. The fourth-order valence-corrected chi connectivity index (χ4v) is 3.82. The molecule has 24 heavy (non-hydrogen) atoms. The predicted molar refractivity (Wildman–Crippen MR) is 85.3 cm³/mol. The number of likely N-dealkylation sites (N-methyl/N-ethyl adjacent to an activating group) is 1. The number of ether oxygens (including phenoxy) is 1. The highest BCUT2D eigenvalue weighted by Gasteiger charge is 2.31. The van der Waals surface area contributed by atoms with Gasteiger partial charge in [-0.3, -0.25) is 10.1 Å². The van der Waals surface area contributed by atoms with E-state index in [9.17, 15) is 23.3 Å². The first-order valence-corrected chi connectivity index (χ1v) is 8.85. The number of hydrogen-bond donors (Lipinski definition) is 0. The highest BCUT2D eigenvalue weighted by atomic mass is 32.2.